The van der Waals surface area contributed by atoms with Gasteiger partial charge in [-0.2, -0.15) is 8.42 Å². The SMILES string of the molecule is O=C(OS(=O)(=O)Cl)N1CCCC1. The fraction of sp³-hybridized carbons (Fsp3) is 0.800. The Hall–Kier alpha value is -0.490. The highest BCUT2D eigenvalue weighted by Crippen LogP contribution is 2.11. The van der Waals surface area contributed by atoms with Crippen LogP contribution in [0.3, 0.4) is 0 Å². The van der Waals surface area contributed by atoms with Crippen molar-refractivity contribution in [3.63, 3.8) is 0 Å². The van der Waals surface area contributed by atoms with E-state index in [4.69, 9.17) is 10.7 Å². The summed E-state index contributed by atoms with van der Waals surface area (Å²) in [6, 6.07) is 0. The highest BCUT2D eigenvalue weighted by molar-refractivity contribution is 8.10. The molecule has 0 N–H and O–H groups in total. The number of amides is 1. The Morgan fingerprint density at radius 3 is 2.25 bits per heavy atom. The van der Waals surface area contributed by atoms with Crippen molar-refractivity contribution in [2.24, 2.45) is 0 Å². The third-order valence-electron chi connectivity index (χ3n) is 1.54. The number of carbonyl (C=O) groups excluding carboxylic acids is 1. The van der Waals surface area contributed by atoms with E-state index in [-0.39, 0.29) is 0 Å². The molecule has 0 aromatic rings. The van der Waals surface area contributed by atoms with Gasteiger partial charge in [-0.05, 0) is 12.8 Å². The standard InChI is InChI=1S/C5H8ClNO4S/c6-12(9,10)11-5(8)7-3-1-2-4-7/h1-4H2. The maximum Gasteiger partial charge on any atom is 0.426 e. The number of rotatable bonds is 1. The van der Waals surface area contributed by atoms with Gasteiger partial charge in [-0.25, -0.2) is 4.79 Å². The second-order valence-corrected chi connectivity index (χ2v) is 4.52. The van der Waals surface area contributed by atoms with Crippen LogP contribution in [0.5, 0.6) is 0 Å². The molecule has 0 aliphatic carbocycles. The molecule has 0 radical (unpaired) electrons. The van der Waals surface area contributed by atoms with Crippen molar-refractivity contribution >= 4 is 26.1 Å². The molecule has 1 heterocycles. The van der Waals surface area contributed by atoms with Crippen molar-refractivity contribution in [1.29, 1.82) is 0 Å². The van der Waals surface area contributed by atoms with Crippen molar-refractivity contribution in [3.8, 4) is 0 Å². The van der Waals surface area contributed by atoms with Crippen LogP contribution in [0, 0.1) is 0 Å². The van der Waals surface area contributed by atoms with Gasteiger partial charge in [0.05, 0.1) is 10.7 Å². The normalized spacial score (nSPS) is 17.9. The summed E-state index contributed by atoms with van der Waals surface area (Å²) >= 11 is 0. The lowest BCUT2D eigenvalue weighted by atomic mass is 10.4. The Bertz CT molecular complexity index is 269. The zero-order chi connectivity index (χ0) is 9.19. The molecule has 0 bridgehead atoms. The zero-order valence-corrected chi connectivity index (χ0v) is 7.77. The van der Waals surface area contributed by atoms with Gasteiger partial charge >= 0.3 is 15.4 Å². The van der Waals surface area contributed by atoms with Crippen LogP contribution in [0.1, 0.15) is 12.8 Å². The van der Waals surface area contributed by atoms with Crippen LogP contribution >= 0.6 is 10.7 Å². The van der Waals surface area contributed by atoms with Gasteiger partial charge < -0.3 is 9.08 Å². The summed E-state index contributed by atoms with van der Waals surface area (Å²) in [5, 5.41) is 0. The summed E-state index contributed by atoms with van der Waals surface area (Å²) in [4.78, 5) is 12.2. The lowest BCUT2D eigenvalue weighted by Crippen LogP contribution is -2.29. The molecule has 1 aliphatic heterocycles. The quantitative estimate of drug-likeness (QED) is 0.602. The van der Waals surface area contributed by atoms with Gasteiger partial charge in [-0.3, -0.25) is 0 Å². The lowest BCUT2D eigenvalue weighted by molar-refractivity contribution is 0.166. The first-order valence-corrected chi connectivity index (χ1v) is 5.65. The molecule has 1 amide bonds. The first-order valence-electron chi connectivity index (χ1n) is 3.42. The molecule has 0 atom stereocenters. The first-order chi connectivity index (χ1) is 5.49. The van der Waals surface area contributed by atoms with E-state index in [1.54, 1.807) is 0 Å². The van der Waals surface area contributed by atoms with E-state index < -0.39 is 15.4 Å². The van der Waals surface area contributed by atoms with E-state index >= 15 is 0 Å². The summed E-state index contributed by atoms with van der Waals surface area (Å²) in [6.45, 7) is 1.07. The predicted octanol–water partition coefficient (Wildman–Crippen LogP) is 0.702. The molecular weight excluding hydrogens is 206 g/mol. The summed E-state index contributed by atoms with van der Waals surface area (Å²) < 4.78 is 24.5. The average Bonchev–Trinajstić information content (AvgIpc) is 2.32. The van der Waals surface area contributed by atoms with Crippen LogP contribution in [-0.2, 0) is 13.5 Å². The maximum absolute atomic E-state index is 10.9. The second-order valence-electron chi connectivity index (χ2n) is 2.44. The van der Waals surface area contributed by atoms with Crippen molar-refractivity contribution in [2.75, 3.05) is 13.1 Å². The smallest absolute Gasteiger partial charge is 0.316 e. The zero-order valence-electron chi connectivity index (χ0n) is 6.19. The Balaban J connectivity index is 2.48. The minimum absolute atomic E-state index is 0.533. The fourth-order valence-electron chi connectivity index (χ4n) is 1.04. The van der Waals surface area contributed by atoms with Crippen molar-refractivity contribution in [1.82, 2.24) is 4.90 Å². The molecule has 0 spiro atoms. The van der Waals surface area contributed by atoms with Crippen molar-refractivity contribution in [2.45, 2.75) is 12.8 Å². The van der Waals surface area contributed by atoms with Gasteiger partial charge in [0.1, 0.15) is 0 Å². The molecule has 12 heavy (non-hydrogen) atoms. The van der Waals surface area contributed by atoms with E-state index in [1.807, 2.05) is 0 Å². The number of halogens is 1. The summed E-state index contributed by atoms with van der Waals surface area (Å²) in [5.74, 6) is 0. The molecular formula is C5H8ClNO4S. The highest BCUT2D eigenvalue weighted by Gasteiger charge is 2.23. The van der Waals surface area contributed by atoms with Crippen LogP contribution in [0.4, 0.5) is 4.79 Å². The van der Waals surface area contributed by atoms with Gasteiger partial charge in [0.2, 0.25) is 0 Å². The van der Waals surface area contributed by atoms with E-state index in [2.05, 4.69) is 4.18 Å². The fourth-order valence-corrected chi connectivity index (χ4v) is 1.47. The van der Waals surface area contributed by atoms with E-state index in [1.165, 1.54) is 4.90 Å². The maximum atomic E-state index is 10.9. The Morgan fingerprint density at radius 2 is 1.83 bits per heavy atom. The van der Waals surface area contributed by atoms with Gasteiger partial charge in [0.25, 0.3) is 0 Å². The highest BCUT2D eigenvalue weighted by atomic mass is 35.7. The first kappa shape index (κ1) is 9.60. The molecule has 70 valence electrons. The molecule has 1 saturated heterocycles. The molecule has 0 aromatic heterocycles. The molecule has 1 aliphatic rings. The van der Waals surface area contributed by atoms with Gasteiger partial charge in [-0.1, -0.05) is 0 Å². The lowest BCUT2D eigenvalue weighted by Gasteiger charge is -2.12. The molecule has 1 fully saturated rings. The predicted molar refractivity (Wildman–Crippen MR) is 42.1 cm³/mol. The van der Waals surface area contributed by atoms with Crippen LogP contribution in [0.25, 0.3) is 0 Å². The van der Waals surface area contributed by atoms with E-state index in [0.29, 0.717) is 13.1 Å². The Kier molecular flexibility index (Phi) is 2.79. The molecule has 5 nitrogen and oxygen atoms in total. The van der Waals surface area contributed by atoms with E-state index in [0.717, 1.165) is 12.8 Å². The van der Waals surface area contributed by atoms with Gasteiger partial charge in [0, 0.05) is 13.1 Å². The molecule has 0 unspecified atom stereocenters. The number of carbonyl (C=O) groups is 1. The molecule has 1 rings (SSSR count). The Labute approximate surface area is 74.9 Å². The minimum atomic E-state index is -4.18. The van der Waals surface area contributed by atoms with Crippen molar-refractivity contribution < 1.29 is 17.4 Å². The summed E-state index contributed by atoms with van der Waals surface area (Å²) in [5.41, 5.74) is 0. The topological polar surface area (TPSA) is 63.7 Å². The van der Waals surface area contributed by atoms with Crippen molar-refractivity contribution in [3.05, 3.63) is 0 Å². The summed E-state index contributed by atoms with van der Waals surface area (Å²) in [7, 11) is 0.529. The number of hydrogen-bond donors (Lipinski definition) is 0. The van der Waals surface area contributed by atoms with Crippen LogP contribution in [-0.4, -0.2) is 32.5 Å². The molecule has 0 aromatic carbocycles. The minimum Gasteiger partial charge on any atom is -0.316 e. The van der Waals surface area contributed by atoms with Crippen LogP contribution in [0.15, 0.2) is 0 Å². The molecule has 0 saturated carbocycles. The second kappa shape index (κ2) is 3.49. The van der Waals surface area contributed by atoms with Gasteiger partial charge in [-0.15, -0.1) is 0 Å². The van der Waals surface area contributed by atoms with Gasteiger partial charge in [0.15, 0.2) is 0 Å². The monoisotopic (exact) mass is 213 g/mol. The number of likely N-dealkylation sites (tertiary alicyclic amines) is 1. The van der Waals surface area contributed by atoms with Crippen LogP contribution in [0.2, 0.25) is 0 Å². The number of hydrogen-bond acceptors (Lipinski definition) is 4. The third-order valence-corrected chi connectivity index (χ3v) is 2.07. The number of nitrogens with zero attached hydrogens (tertiary/aromatic N) is 1. The third kappa shape index (κ3) is 2.86. The molecule has 7 heteroatoms. The Morgan fingerprint density at radius 1 is 1.33 bits per heavy atom. The average molecular weight is 214 g/mol. The van der Waals surface area contributed by atoms with Crippen LogP contribution < -0.4 is 0 Å². The van der Waals surface area contributed by atoms with E-state index in [9.17, 15) is 13.2 Å². The largest absolute Gasteiger partial charge is 0.426 e. The summed E-state index contributed by atoms with van der Waals surface area (Å²) in [6.07, 6.45) is 0.858.